The predicted molar refractivity (Wildman–Crippen MR) is 136 cm³/mol. The van der Waals surface area contributed by atoms with E-state index in [4.69, 9.17) is 0 Å². The smallest absolute Gasteiger partial charge is 0.105 e. The summed E-state index contributed by atoms with van der Waals surface area (Å²) in [5.74, 6) is 0. The number of nitrogens with one attached hydrogen (secondary N) is 1. The molecule has 2 aliphatic rings. The molecule has 154 valence electrons. The molecule has 0 spiro atoms. The number of benzene rings is 4. The van der Waals surface area contributed by atoms with Gasteiger partial charge < -0.3 is 10.2 Å². The van der Waals surface area contributed by atoms with Crippen LogP contribution in [0.1, 0.15) is 33.0 Å². The van der Waals surface area contributed by atoms with Crippen molar-refractivity contribution in [2.45, 2.75) is 34.4 Å². The molecule has 2 aliphatic heterocycles. The quantitative estimate of drug-likeness (QED) is 0.340. The van der Waals surface area contributed by atoms with Crippen LogP contribution in [0.5, 0.6) is 0 Å². The highest BCUT2D eigenvalue weighted by molar-refractivity contribution is 8.00. The fourth-order valence-electron chi connectivity index (χ4n) is 4.56. The second-order valence-corrected chi connectivity index (χ2v) is 10.8. The Balaban J connectivity index is 1.42. The molecule has 0 aliphatic carbocycles. The number of hydrogen-bond donors (Lipinski definition) is 1. The summed E-state index contributed by atoms with van der Waals surface area (Å²) in [6.07, 6.45) is 0. The third kappa shape index (κ3) is 3.12. The molecule has 0 radical (unpaired) electrons. The van der Waals surface area contributed by atoms with Crippen LogP contribution in [0.3, 0.4) is 0 Å². The molecule has 1 N–H and O–H groups in total. The van der Waals surface area contributed by atoms with Gasteiger partial charge in [-0.2, -0.15) is 0 Å². The van der Waals surface area contributed by atoms with Gasteiger partial charge in [-0.05, 0) is 49.2 Å². The minimum atomic E-state index is 0.238. The van der Waals surface area contributed by atoms with E-state index in [1.54, 1.807) is 0 Å². The highest BCUT2D eigenvalue weighted by atomic mass is 32.2. The summed E-state index contributed by atoms with van der Waals surface area (Å²) in [6.45, 7) is 4.29. The van der Waals surface area contributed by atoms with Gasteiger partial charge in [-0.1, -0.05) is 83.2 Å². The number of hydrogen-bond acceptors (Lipinski definition) is 4. The van der Waals surface area contributed by atoms with Gasteiger partial charge >= 0.3 is 0 Å². The zero-order valence-corrected chi connectivity index (χ0v) is 19.5. The fourth-order valence-corrected chi connectivity index (χ4v) is 7.05. The highest BCUT2D eigenvalue weighted by Crippen LogP contribution is 2.56. The number of nitrogens with zero attached hydrogens (tertiary/aromatic N) is 1. The summed E-state index contributed by atoms with van der Waals surface area (Å²) in [7, 11) is 2.23. The lowest BCUT2D eigenvalue weighted by Gasteiger charge is -2.38. The lowest BCUT2D eigenvalue weighted by Crippen LogP contribution is -2.25. The van der Waals surface area contributed by atoms with Gasteiger partial charge in [0, 0.05) is 39.0 Å². The molecule has 2 heterocycles. The summed E-state index contributed by atoms with van der Waals surface area (Å²) in [5.41, 5.74) is 7.83. The molecule has 0 saturated heterocycles. The van der Waals surface area contributed by atoms with Crippen molar-refractivity contribution in [1.82, 2.24) is 0 Å². The molecular formula is C27H24N2S2. The molecular weight excluding hydrogens is 416 g/mol. The van der Waals surface area contributed by atoms with Crippen LogP contribution in [-0.4, -0.2) is 7.05 Å². The van der Waals surface area contributed by atoms with E-state index < -0.39 is 0 Å². The maximum absolute atomic E-state index is 3.80. The van der Waals surface area contributed by atoms with Crippen LogP contribution in [-0.2, 0) is 0 Å². The first-order chi connectivity index (χ1) is 15.1. The minimum Gasteiger partial charge on any atom is -0.369 e. The Hall–Kier alpha value is -2.56. The SMILES string of the molecule is Cc1ccc(C2Nc3ccc4c5c(ccc(c35)S2)N(C)C(c2ccc(C)cc2)S4)cc1. The van der Waals surface area contributed by atoms with Gasteiger partial charge in [0.2, 0.25) is 0 Å². The molecule has 4 heteroatoms. The number of thioether (sulfide) groups is 2. The van der Waals surface area contributed by atoms with Gasteiger partial charge in [0.25, 0.3) is 0 Å². The Morgan fingerprint density at radius 1 is 0.677 bits per heavy atom. The first kappa shape index (κ1) is 19.1. The first-order valence-electron chi connectivity index (χ1n) is 10.6. The molecule has 0 bridgehead atoms. The molecule has 31 heavy (non-hydrogen) atoms. The number of aryl methyl sites for hydroxylation is 2. The predicted octanol–water partition coefficient (Wildman–Crippen LogP) is 7.91. The summed E-state index contributed by atoms with van der Waals surface area (Å²) in [4.78, 5) is 5.17. The van der Waals surface area contributed by atoms with Crippen molar-refractivity contribution in [3.63, 3.8) is 0 Å². The fraction of sp³-hybridized carbons (Fsp3) is 0.185. The lowest BCUT2D eigenvalue weighted by atomic mass is 10.0. The molecule has 0 amide bonds. The van der Waals surface area contributed by atoms with Gasteiger partial charge in [-0.15, -0.1) is 0 Å². The Bertz CT molecular complexity index is 1280. The molecule has 2 unspecified atom stereocenters. The number of rotatable bonds is 2. The third-order valence-corrected chi connectivity index (χ3v) is 8.93. The summed E-state index contributed by atoms with van der Waals surface area (Å²) in [6, 6.07) is 27.0. The van der Waals surface area contributed by atoms with Gasteiger partial charge in [-0.25, -0.2) is 0 Å². The standard InChI is InChI=1S/C27H24N2S2/c1-16-4-8-18(9-5-16)26-28-20-12-14-23-25-21(13-15-22(30-26)24(20)25)29(3)27(31-23)19-10-6-17(2)7-11-19/h4-15,26-28H,1-3H3. The molecule has 0 fully saturated rings. The molecule has 0 aromatic heterocycles. The second kappa shape index (κ2) is 7.25. The van der Waals surface area contributed by atoms with E-state index in [-0.39, 0.29) is 10.7 Å². The van der Waals surface area contributed by atoms with Gasteiger partial charge in [0.05, 0.1) is 0 Å². The second-order valence-electron chi connectivity index (χ2n) is 8.49. The van der Waals surface area contributed by atoms with Gasteiger partial charge in [0.15, 0.2) is 0 Å². The normalized spacial score (nSPS) is 19.4. The average molecular weight is 441 g/mol. The Morgan fingerprint density at radius 3 is 2.00 bits per heavy atom. The van der Waals surface area contributed by atoms with Crippen molar-refractivity contribution in [3.05, 3.63) is 95.1 Å². The summed E-state index contributed by atoms with van der Waals surface area (Å²) in [5, 5.41) is 7.07. The molecule has 4 aromatic carbocycles. The van der Waals surface area contributed by atoms with Crippen LogP contribution in [0.15, 0.2) is 82.6 Å². The van der Waals surface area contributed by atoms with Crippen molar-refractivity contribution in [3.8, 4) is 0 Å². The summed E-state index contributed by atoms with van der Waals surface area (Å²) >= 11 is 3.88. The number of anilines is 2. The zero-order valence-electron chi connectivity index (χ0n) is 17.8. The largest absolute Gasteiger partial charge is 0.369 e. The van der Waals surface area contributed by atoms with Crippen LogP contribution in [0.25, 0.3) is 10.8 Å². The lowest BCUT2D eigenvalue weighted by molar-refractivity contribution is 0.892. The van der Waals surface area contributed by atoms with E-state index in [9.17, 15) is 0 Å². The molecule has 2 nitrogen and oxygen atoms in total. The van der Waals surface area contributed by atoms with Crippen LogP contribution in [0, 0.1) is 13.8 Å². The Morgan fingerprint density at radius 2 is 1.29 bits per heavy atom. The molecule has 2 atom stereocenters. The molecule has 4 aromatic rings. The van der Waals surface area contributed by atoms with Crippen LogP contribution in [0.2, 0.25) is 0 Å². The highest BCUT2D eigenvalue weighted by Gasteiger charge is 2.31. The van der Waals surface area contributed by atoms with Crippen molar-refractivity contribution in [1.29, 1.82) is 0 Å². The van der Waals surface area contributed by atoms with Crippen molar-refractivity contribution in [2.75, 3.05) is 17.3 Å². The van der Waals surface area contributed by atoms with E-state index >= 15 is 0 Å². The topological polar surface area (TPSA) is 15.3 Å². The van der Waals surface area contributed by atoms with E-state index in [0.717, 1.165) is 0 Å². The molecule has 0 saturated carbocycles. The summed E-state index contributed by atoms with van der Waals surface area (Å²) < 4.78 is 0. The van der Waals surface area contributed by atoms with Crippen molar-refractivity contribution < 1.29 is 0 Å². The van der Waals surface area contributed by atoms with Crippen molar-refractivity contribution in [2.24, 2.45) is 0 Å². The van der Waals surface area contributed by atoms with Crippen LogP contribution in [0.4, 0.5) is 11.4 Å². The van der Waals surface area contributed by atoms with Gasteiger partial charge in [-0.3, -0.25) is 0 Å². The maximum atomic E-state index is 3.80. The minimum absolute atomic E-state index is 0.238. The molecule has 6 rings (SSSR count). The first-order valence-corrected chi connectivity index (χ1v) is 12.4. The van der Waals surface area contributed by atoms with E-state index in [0.29, 0.717) is 0 Å². The van der Waals surface area contributed by atoms with E-state index in [1.807, 2.05) is 23.5 Å². The monoisotopic (exact) mass is 440 g/mol. The zero-order chi connectivity index (χ0) is 21.1. The maximum Gasteiger partial charge on any atom is 0.105 e. The van der Waals surface area contributed by atoms with E-state index in [2.05, 4.69) is 104 Å². The van der Waals surface area contributed by atoms with Crippen LogP contribution >= 0.6 is 23.5 Å². The van der Waals surface area contributed by atoms with Gasteiger partial charge in [0.1, 0.15) is 10.7 Å². The van der Waals surface area contributed by atoms with Crippen molar-refractivity contribution >= 4 is 45.7 Å². The average Bonchev–Trinajstić information content (AvgIpc) is 2.79. The third-order valence-electron chi connectivity index (χ3n) is 6.31. The van der Waals surface area contributed by atoms with Crippen LogP contribution < -0.4 is 10.2 Å². The Labute approximate surface area is 192 Å². The van der Waals surface area contributed by atoms with E-state index in [1.165, 1.54) is 54.2 Å². The Kier molecular flexibility index (Phi) is 4.48.